The van der Waals surface area contributed by atoms with Crippen LogP contribution in [-0.4, -0.2) is 22.5 Å². The van der Waals surface area contributed by atoms with Gasteiger partial charge in [-0.2, -0.15) is 0 Å². The van der Waals surface area contributed by atoms with E-state index < -0.39 is 11.7 Å². The molecule has 0 unspecified atom stereocenters. The number of nitrogens with zero attached hydrogens (tertiary/aromatic N) is 1. The second-order valence-electron chi connectivity index (χ2n) is 2.95. The predicted octanol–water partition coefficient (Wildman–Crippen LogP) is 0.865. The quantitative estimate of drug-likeness (QED) is 0.614. The molecule has 0 saturated carbocycles. The number of rotatable bonds is 0. The van der Waals surface area contributed by atoms with Crippen molar-refractivity contribution in [2.24, 2.45) is 4.99 Å². The highest BCUT2D eigenvalue weighted by Gasteiger charge is 2.22. The van der Waals surface area contributed by atoms with Crippen LogP contribution in [-0.2, 0) is 9.59 Å². The molecular formula is C10H7NO3. The van der Waals surface area contributed by atoms with Crippen LogP contribution in [0, 0.1) is 0 Å². The lowest BCUT2D eigenvalue weighted by atomic mass is 10.00. The number of fused-ring (bicyclic) bond motifs is 1. The van der Waals surface area contributed by atoms with Crippen LogP contribution in [0.3, 0.4) is 0 Å². The third-order valence-electron chi connectivity index (χ3n) is 1.98. The Labute approximate surface area is 80.0 Å². The molecule has 1 heterocycles. The Bertz CT molecular complexity index is 438. The summed E-state index contributed by atoms with van der Waals surface area (Å²) in [5.74, 6) is -1.76. The first kappa shape index (κ1) is 8.62. The fourth-order valence-corrected chi connectivity index (χ4v) is 1.31. The molecule has 0 atom stereocenters. The molecule has 4 heteroatoms. The first-order valence-corrected chi connectivity index (χ1v) is 4.13. The largest absolute Gasteiger partial charge is 0.503 e. The Morgan fingerprint density at radius 1 is 1.36 bits per heavy atom. The monoisotopic (exact) mass is 189 g/mol. The molecule has 1 N–H and O–H groups in total. The number of hydrogen-bond acceptors (Lipinski definition) is 3. The topological polar surface area (TPSA) is 66.7 Å². The Hall–Kier alpha value is -1.97. The van der Waals surface area contributed by atoms with Crippen LogP contribution >= 0.6 is 0 Å². The average Bonchev–Trinajstić information content (AvgIpc) is 2.27. The van der Waals surface area contributed by atoms with Crippen molar-refractivity contribution in [3.8, 4) is 0 Å². The molecule has 2 aliphatic rings. The van der Waals surface area contributed by atoms with Crippen LogP contribution in [0.5, 0.6) is 0 Å². The van der Waals surface area contributed by atoms with Crippen molar-refractivity contribution in [2.75, 3.05) is 0 Å². The van der Waals surface area contributed by atoms with Crippen molar-refractivity contribution in [3.05, 3.63) is 35.6 Å². The summed E-state index contributed by atoms with van der Waals surface area (Å²) in [5, 5.41) is 9.11. The highest BCUT2D eigenvalue weighted by Crippen LogP contribution is 2.15. The van der Waals surface area contributed by atoms with Gasteiger partial charge in [0.15, 0.2) is 11.5 Å². The van der Waals surface area contributed by atoms with Crippen molar-refractivity contribution < 1.29 is 14.7 Å². The summed E-state index contributed by atoms with van der Waals surface area (Å²) >= 11 is 0. The van der Waals surface area contributed by atoms with E-state index in [1.54, 1.807) is 18.2 Å². The molecule has 14 heavy (non-hydrogen) atoms. The summed E-state index contributed by atoms with van der Waals surface area (Å²) in [7, 11) is 0. The maximum Gasteiger partial charge on any atom is 0.312 e. The Balaban J connectivity index is 2.56. The van der Waals surface area contributed by atoms with Gasteiger partial charge in [-0.3, -0.25) is 9.59 Å². The van der Waals surface area contributed by atoms with Gasteiger partial charge in [-0.15, -0.1) is 0 Å². The van der Waals surface area contributed by atoms with Gasteiger partial charge in [-0.25, -0.2) is 4.99 Å². The van der Waals surface area contributed by atoms with Gasteiger partial charge in [0, 0.05) is 11.6 Å². The van der Waals surface area contributed by atoms with Crippen LogP contribution in [0.1, 0.15) is 6.42 Å². The van der Waals surface area contributed by atoms with Crippen molar-refractivity contribution in [1.29, 1.82) is 0 Å². The lowest BCUT2D eigenvalue weighted by molar-refractivity contribution is -0.117. The minimum absolute atomic E-state index is 0.326. The first-order valence-electron chi connectivity index (χ1n) is 4.13. The second-order valence-corrected chi connectivity index (χ2v) is 2.95. The van der Waals surface area contributed by atoms with Crippen molar-refractivity contribution >= 4 is 17.4 Å². The molecule has 2 rings (SSSR count). The Morgan fingerprint density at radius 2 is 2.14 bits per heavy atom. The van der Waals surface area contributed by atoms with Gasteiger partial charge in [0.05, 0.1) is 5.71 Å². The van der Waals surface area contributed by atoms with E-state index in [0.717, 1.165) is 6.08 Å². The minimum Gasteiger partial charge on any atom is -0.503 e. The molecule has 0 radical (unpaired) electrons. The first-order chi connectivity index (χ1) is 6.68. The molecule has 0 aromatic heterocycles. The molecule has 1 aliphatic heterocycles. The number of carbonyl (C=O) groups excluding carboxylic acids is 2. The average molecular weight is 189 g/mol. The fraction of sp³-hybridized carbons (Fsp3) is 0.100. The van der Waals surface area contributed by atoms with Crippen LogP contribution < -0.4 is 0 Å². The number of aliphatic hydroxyl groups excluding tert-OH is 1. The third-order valence-corrected chi connectivity index (χ3v) is 1.98. The number of amides is 1. The van der Waals surface area contributed by atoms with Crippen LogP contribution in [0.25, 0.3) is 0 Å². The molecule has 0 fully saturated rings. The lowest BCUT2D eigenvalue weighted by Gasteiger charge is -2.04. The molecule has 0 spiro atoms. The minimum atomic E-state index is -0.775. The van der Waals surface area contributed by atoms with Gasteiger partial charge < -0.3 is 5.11 Å². The number of carbonyl (C=O) groups is 2. The normalized spacial score (nSPS) is 20.7. The van der Waals surface area contributed by atoms with Crippen molar-refractivity contribution in [3.63, 3.8) is 0 Å². The van der Waals surface area contributed by atoms with E-state index in [0.29, 0.717) is 17.7 Å². The molecular weight excluding hydrogens is 182 g/mol. The maximum absolute atomic E-state index is 11.4. The summed E-state index contributed by atoms with van der Waals surface area (Å²) in [4.78, 5) is 26.1. The van der Waals surface area contributed by atoms with Crippen molar-refractivity contribution in [1.82, 2.24) is 0 Å². The molecule has 70 valence electrons. The highest BCUT2D eigenvalue weighted by molar-refractivity contribution is 6.34. The van der Waals surface area contributed by atoms with Crippen molar-refractivity contribution in [2.45, 2.75) is 6.42 Å². The van der Waals surface area contributed by atoms with Crippen LogP contribution in [0.4, 0.5) is 0 Å². The molecule has 0 aromatic carbocycles. The van der Waals surface area contributed by atoms with Gasteiger partial charge in [-0.1, -0.05) is 12.2 Å². The summed E-state index contributed by atoms with van der Waals surface area (Å²) < 4.78 is 0. The van der Waals surface area contributed by atoms with E-state index in [-0.39, 0.29) is 5.78 Å². The predicted molar refractivity (Wildman–Crippen MR) is 50.0 cm³/mol. The van der Waals surface area contributed by atoms with E-state index >= 15 is 0 Å². The van der Waals surface area contributed by atoms with Gasteiger partial charge >= 0.3 is 5.91 Å². The zero-order chi connectivity index (χ0) is 10.1. The highest BCUT2D eigenvalue weighted by atomic mass is 16.3. The smallest absolute Gasteiger partial charge is 0.312 e. The molecule has 1 aliphatic carbocycles. The number of aliphatic hydroxyl groups is 1. The number of allylic oxidation sites excluding steroid dienone is 5. The van der Waals surface area contributed by atoms with E-state index in [1.807, 2.05) is 0 Å². The lowest BCUT2D eigenvalue weighted by Crippen LogP contribution is -2.10. The number of aliphatic imine (C=N–C) groups is 1. The summed E-state index contributed by atoms with van der Waals surface area (Å²) in [5.41, 5.74) is 0.705. The van der Waals surface area contributed by atoms with Gasteiger partial charge in [0.25, 0.3) is 0 Å². The van der Waals surface area contributed by atoms with Crippen LogP contribution in [0.2, 0.25) is 0 Å². The standard InChI is InChI=1S/C10H7NO3/c12-8-5-9(13)10(14)11-7-4-2-1-3-6(7)8/h2-5,13H,1H2. The zero-order valence-corrected chi connectivity index (χ0v) is 7.23. The maximum atomic E-state index is 11.4. The molecule has 1 amide bonds. The van der Waals surface area contributed by atoms with Gasteiger partial charge in [0.2, 0.25) is 0 Å². The van der Waals surface area contributed by atoms with E-state index in [1.165, 1.54) is 0 Å². The number of ketones is 1. The summed E-state index contributed by atoms with van der Waals surface area (Å²) in [6.45, 7) is 0. The van der Waals surface area contributed by atoms with Gasteiger partial charge in [-0.05, 0) is 12.5 Å². The zero-order valence-electron chi connectivity index (χ0n) is 7.23. The Morgan fingerprint density at radius 3 is 2.93 bits per heavy atom. The molecule has 0 saturated heterocycles. The SMILES string of the molecule is O=C1C=C(O)C(=O)N=C2C=CCC=C12. The third kappa shape index (κ3) is 1.31. The molecule has 0 aromatic rings. The molecule has 4 nitrogen and oxygen atoms in total. The van der Waals surface area contributed by atoms with E-state index in [9.17, 15) is 9.59 Å². The van der Waals surface area contributed by atoms with E-state index in [2.05, 4.69) is 4.99 Å². The van der Waals surface area contributed by atoms with E-state index in [4.69, 9.17) is 5.11 Å². The molecule has 0 bridgehead atoms. The van der Waals surface area contributed by atoms with Crippen LogP contribution in [0.15, 0.2) is 40.6 Å². The summed E-state index contributed by atoms with van der Waals surface area (Å²) in [6, 6.07) is 0. The van der Waals surface area contributed by atoms with Gasteiger partial charge in [0.1, 0.15) is 0 Å². The number of hydrogen-bond donors (Lipinski definition) is 1. The fourth-order valence-electron chi connectivity index (χ4n) is 1.31. The Kier molecular flexibility index (Phi) is 1.89. The second kappa shape index (κ2) is 3.06. The summed E-state index contributed by atoms with van der Waals surface area (Å²) in [6.07, 6.45) is 6.64.